The summed E-state index contributed by atoms with van der Waals surface area (Å²) in [6.07, 6.45) is 0. The average molecular weight is 387 g/mol. The lowest BCUT2D eigenvalue weighted by molar-refractivity contribution is -0.118. The van der Waals surface area contributed by atoms with Crippen LogP contribution in [-0.2, 0) is 4.79 Å². The molecule has 0 radical (unpaired) electrons. The summed E-state index contributed by atoms with van der Waals surface area (Å²) in [7, 11) is 0. The van der Waals surface area contributed by atoms with E-state index < -0.39 is 0 Å². The first-order valence-electron chi connectivity index (χ1n) is 6.90. The first-order chi connectivity index (χ1) is 11.6. The number of nitrogens with zero attached hydrogens (tertiary/aromatic N) is 1. The molecule has 0 spiro atoms. The Labute approximate surface area is 144 Å². The number of benzene rings is 2. The van der Waals surface area contributed by atoms with E-state index in [0.29, 0.717) is 32.5 Å². The molecule has 24 heavy (non-hydrogen) atoms. The predicted molar refractivity (Wildman–Crippen MR) is 91.9 cm³/mol. The van der Waals surface area contributed by atoms with Crippen LogP contribution in [-0.4, -0.2) is 22.5 Å². The number of amides is 1. The van der Waals surface area contributed by atoms with E-state index in [1.807, 2.05) is 6.07 Å². The molecule has 0 aliphatic rings. The highest BCUT2D eigenvalue weighted by molar-refractivity contribution is 9.10. The fourth-order valence-corrected chi connectivity index (χ4v) is 2.61. The van der Waals surface area contributed by atoms with Crippen LogP contribution < -0.4 is 15.7 Å². The van der Waals surface area contributed by atoms with Crippen LogP contribution in [0.3, 0.4) is 0 Å². The van der Waals surface area contributed by atoms with Crippen molar-refractivity contribution in [2.45, 2.75) is 0 Å². The van der Waals surface area contributed by atoms with Crippen LogP contribution in [0.2, 0.25) is 0 Å². The van der Waals surface area contributed by atoms with Crippen molar-refractivity contribution in [3.05, 3.63) is 56.9 Å². The summed E-state index contributed by atoms with van der Waals surface area (Å²) in [5.74, 6) is -0.0414. The topological polar surface area (TPSA) is 111 Å². The second-order valence-electron chi connectivity index (χ2n) is 4.90. The highest BCUT2D eigenvalue weighted by Gasteiger charge is 2.10. The number of anilines is 1. The Morgan fingerprint density at radius 3 is 2.71 bits per heavy atom. The molecule has 0 atom stereocenters. The van der Waals surface area contributed by atoms with Gasteiger partial charge in [0.2, 0.25) is 0 Å². The van der Waals surface area contributed by atoms with Crippen molar-refractivity contribution in [1.82, 2.24) is 9.97 Å². The monoisotopic (exact) mass is 386 g/mol. The molecule has 0 aliphatic heterocycles. The van der Waals surface area contributed by atoms with Gasteiger partial charge in [0, 0.05) is 4.47 Å². The number of carbonyl (C=O) groups is 1. The van der Waals surface area contributed by atoms with E-state index in [0.717, 1.165) is 0 Å². The number of rotatable bonds is 4. The molecule has 0 unspecified atom stereocenters. The molecule has 1 heterocycles. The van der Waals surface area contributed by atoms with E-state index in [9.17, 15) is 9.59 Å². The molecule has 8 heteroatoms. The smallest absolute Gasteiger partial charge is 0.323 e. The number of ether oxygens (including phenoxy) is 1. The highest BCUT2D eigenvalue weighted by atomic mass is 79.9. The summed E-state index contributed by atoms with van der Waals surface area (Å²) in [5, 5.41) is 11.7. The quantitative estimate of drug-likeness (QED) is 0.639. The van der Waals surface area contributed by atoms with Gasteiger partial charge >= 0.3 is 5.69 Å². The van der Waals surface area contributed by atoms with Gasteiger partial charge in [-0.1, -0.05) is 12.1 Å². The number of nitrogens with one attached hydrogen (secondary N) is 3. The maximum atomic E-state index is 12.1. The Hall–Kier alpha value is -3.05. The first kappa shape index (κ1) is 15.8. The summed E-state index contributed by atoms with van der Waals surface area (Å²) >= 11 is 3.34. The summed E-state index contributed by atoms with van der Waals surface area (Å²) in [6.45, 7) is -0.243. The molecule has 0 bridgehead atoms. The van der Waals surface area contributed by atoms with Crippen molar-refractivity contribution >= 4 is 38.6 Å². The summed E-state index contributed by atoms with van der Waals surface area (Å²) in [6, 6.07) is 12.0. The van der Waals surface area contributed by atoms with Crippen LogP contribution in [0.1, 0.15) is 5.56 Å². The lowest BCUT2D eigenvalue weighted by atomic mass is 10.2. The maximum Gasteiger partial charge on any atom is 0.323 e. The van der Waals surface area contributed by atoms with E-state index in [2.05, 4.69) is 31.2 Å². The van der Waals surface area contributed by atoms with Crippen molar-refractivity contribution in [2.75, 3.05) is 11.9 Å². The molecule has 3 N–H and O–H groups in total. The van der Waals surface area contributed by atoms with E-state index in [1.165, 1.54) is 0 Å². The van der Waals surface area contributed by atoms with Gasteiger partial charge in [-0.15, -0.1) is 0 Å². The van der Waals surface area contributed by atoms with Crippen LogP contribution in [0.5, 0.6) is 5.75 Å². The Morgan fingerprint density at radius 1 is 1.25 bits per heavy atom. The molecule has 0 saturated carbocycles. The van der Waals surface area contributed by atoms with E-state index in [1.54, 1.807) is 36.4 Å². The molecular weight excluding hydrogens is 376 g/mol. The SMILES string of the molecule is N#Cc1ccccc1OCC(=O)Nc1cc2[nH]c(=O)[nH]c2cc1Br. The van der Waals surface area contributed by atoms with Crippen molar-refractivity contribution in [2.24, 2.45) is 0 Å². The third-order valence-electron chi connectivity index (χ3n) is 3.24. The average Bonchev–Trinajstić information content (AvgIpc) is 2.92. The minimum absolute atomic E-state index is 0.243. The van der Waals surface area contributed by atoms with Crippen LogP contribution in [0.25, 0.3) is 11.0 Å². The Kier molecular flexibility index (Phi) is 4.35. The third-order valence-corrected chi connectivity index (χ3v) is 3.90. The number of fused-ring (bicyclic) bond motifs is 1. The number of aromatic amines is 2. The number of imidazole rings is 1. The van der Waals surface area contributed by atoms with Gasteiger partial charge in [-0.3, -0.25) is 4.79 Å². The summed E-state index contributed by atoms with van der Waals surface area (Å²) in [5.41, 5.74) is 1.74. The molecule has 0 aliphatic carbocycles. The number of carbonyl (C=O) groups excluding carboxylic acids is 1. The van der Waals surface area contributed by atoms with Gasteiger partial charge in [-0.25, -0.2) is 4.79 Å². The van der Waals surface area contributed by atoms with Gasteiger partial charge in [0.15, 0.2) is 6.61 Å². The van der Waals surface area contributed by atoms with E-state index in [4.69, 9.17) is 10.00 Å². The largest absolute Gasteiger partial charge is 0.482 e. The first-order valence-corrected chi connectivity index (χ1v) is 7.69. The van der Waals surface area contributed by atoms with Crippen molar-refractivity contribution in [1.29, 1.82) is 5.26 Å². The molecule has 2 aromatic carbocycles. The predicted octanol–water partition coefficient (Wildman–Crippen LogP) is 2.51. The number of hydrogen-bond acceptors (Lipinski definition) is 4. The molecule has 0 saturated heterocycles. The third kappa shape index (κ3) is 3.31. The molecule has 3 rings (SSSR count). The van der Waals surface area contributed by atoms with Gasteiger partial charge in [-0.05, 0) is 40.2 Å². The van der Waals surface area contributed by atoms with Gasteiger partial charge in [0.1, 0.15) is 11.8 Å². The zero-order valence-electron chi connectivity index (χ0n) is 12.2. The van der Waals surface area contributed by atoms with E-state index in [-0.39, 0.29) is 18.2 Å². The maximum absolute atomic E-state index is 12.1. The van der Waals surface area contributed by atoms with Crippen molar-refractivity contribution in [3.63, 3.8) is 0 Å². The number of H-pyrrole nitrogens is 2. The standard InChI is InChI=1S/C16H11BrN4O3/c17-10-5-12-13(21-16(23)20-12)6-11(10)19-15(22)8-24-14-4-2-1-3-9(14)7-18/h1-6H,8H2,(H,19,22)(H2,20,21,23). The van der Waals surface area contributed by atoms with E-state index >= 15 is 0 Å². The number of hydrogen-bond donors (Lipinski definition) is 3. The van der Waals surface area contributed by atoms with Crippen LogP contribution in [0, 0.1) is 11.3 Å². The Bertz CT molecular complexity index is 1020. The molecular formula is C16H11BrN4O3. The Balaban J connectivity index is 1.72. The number of halogens is 1. The normalized spacial score (nSPS) is 10.3. The second kappa shape index (κ2) is 6.60. The molecule has 1 amide bonds. The molecule has 120 valence electrons. The lowest BCUT2D eigenvalue weighted by Gasteiger charge is -2.10. The molecule has 3 aromatic rings. The number of nitriles is 1. The van der Waals surface area contributed by atoms with Crippen molar-refractivity contribution < 1.29 is 9.53 Å². The zero-order chi connectivity index (χ0) is 17.1. The summed E-state index contributed by atoms with van der Waals surface area (Å²) in [4.78, 5) is 28.6. The fraction of sp³-hybridized carbons (Fsp3) is 0.0625. The minimum Gasteiger partial charge on any atom is -0.482 e. The second-order valence-corrected chi connectivity index (χ2v) is 5.76. The number of para-hydroxylation sites is 1. The van der Waals surface area contributed by atoms with Gasteiger partial charge in [0.25, 0.3) is 5.91 Å². The van der Waals surface area contributed by atoms with Crippen molar-refractivity contribution in [3.8, 4) is 11.8 Å². The van der Waals surface area contributed by atoms with Gasteiger partial charge < -0.3 is 20.0 Å². The molecule has 1 aromatic heterocycles. The minimum atomic E-state index is -0.388. The fourth-order valence-electron chi connectivity index (χ4n) is 2.17. The highest BCUT2D eigenvalue weighted by Crippen LogP contribution is 2.26. The summed E-state index contributed by atoms with van der Waals surface area (Å²) < 4.78 is 6.00. The lowest BCUT2D eigenvalue weighted by Crippen LogP contribution is -2.20. The zero-order valence-corrected chi connectivity index (χ0v) is 13.8. The van der Waals surface area contributed by atoms with Gasteiger partial charge in [-0.2, -0.15) is 5.26 Å². The van der Waals surface area contributed by atoms with Gasteiger partial charge in [0.05, 0.1) is 22.3 Å². The molecule has 7 nitrogen and oxygen atoms in total. The van der Waals surface area contributed by atoms with Crippen LogP contribution in [0.15, 0.2) is 45.7 Å². The van der Waals surface area contributed by atoms with Crippen LogP contribution >= 0.6 is 15.9 Å². The Morgan fingerprint density at radius 2 is 1.96 bits per heavy atom. The number of aromatic nitrogens is 2. The molecule has 0 fully saturated rings. The van der Waals surface area contributed by atoms with Crippen LogP contribution in [0.4, 0.5) is 5.69 Å².